The zero-order valence-electron chi connectivity index (χ0n) is 12.8. The molecule has 1 amide bonds. The predicted molar refractivity (Wildman–Crippen MR) is 84.4 cm³/mol. The van der Waals surface area contributed by atoms with Gasteiger partial charge in [0.25, 0.3) is 0 Å². The summed E-state index contributed by atoms with van der Waals surface area (Å²) >= 11 is 0. The van der Waals surface area contributed by atoms with E-state index in [-0.39, 0.29) is 11.7 Å². The second-order valence-corrected chi connectivity index (χ2v) is 6.11. The number of carbonyl (C=O) groups is 1. The van der Waals surface area contributed by atoms with Crippen molar-refractivity contribution in [3.63, 3.8) is 0 Å². The normalized spacial score (nSPS) is 18.5. The number of halogens is 1. The van der Waals surface area contributed by atoms with Gasteiger partial charge in [-0.05, 0) is 55.2 Å². The molecule has 0 aliphatic carbocycles. The molecule has 0 saturated carbocycles. The van der Waals surface area contributed by atoms with Gasteiger partial charge in [-0.3, -0.25) is 4.79 Å². The van der Waals surface area contributed by atoms with Gasteiger partial charge < -0.3 is 9.47 Å². The van der Waals surface area contributed by atoms with E-state index in [0.29, 0.717) is 12.3 Å². The van der Waals surface area contributed by atoms with Crippen LogP contribution in [-0.4, -0.2) is 28.5 Å². The van der Waals surface area contributed by atoms with Crippen LogP contribution >= 0.6 is 0 Å². The van der Waals surface area contributed by atoms with Gasteiger partial charge in [0, 0.05) is 30.7 Å². The summed E-state index contributed by atoms with van der Waals surface area (Å²) in [5, 5.41) is 0. The zero-order chi connectivity index (χ0) is 15.5. The van der Waals surface area contributed by atoms with E-state index in [1.165, 1.54) is 18.6 Å². The Balaban J connectivity index is 1.74. The second-order valence-electron chi connectivity index (χ2n) is 6.11. The number of aromatic nitrogens is 1. The molecular formula is C18H21FN2O. The molecule has 0 bridgehead atoms. The highest BCUT2D eigenvalue weighted by Gasteiger charge is 2.21. The smallest absolute Gasteiger partial charge is 0.228 e. The van der Waals surface area contributed by atoms with Crippen molar-refractivity contribution in [1.82, 2.24) is 9.47 Å². The van der Waals surface area contributed by atoms with Crippen LogP contribution in [0.4, 0.5) is 4.39 Å². The van der Waals surface area contributed by atoms with E-state index in [9.17, 15) is 9.18 Å². The van der Waals surface area contributed by atoms with Gasteiger partial charge in [-0.1, -0.05) is 6.92 Å². The summed E-state index contributed by atoms with van der Waals surface area (Å²) in [5.41, 5.74) is 1.82. The Morgan fingerprint density at radius 2 is 2.05 bits per heavy atom. The number of amides is 1. The number of hydrogen-bond donors (Lipinski definition) is 0. The van der Waals surface area contributed by atoms with Crippen LogP contribution in [0, 0.1) is 11.7 Å². The number of rotatable bonds is 3. The van der Waals surface area contributed by atoms with Crippen LogP contribution in [0.3, 0.4) is 0 Å². The van der Waals surface area contributed by atoms with Crippen LogP contribution in [0.2, 0.25) is 0 Å². The highest BCUT2D eigenvalue weighted by atomic mass is 19.1. The summed E-state index contributed by atoms with van der Waals surface area (Å²) in [5.74, 6) is 0.506. The van der Waals surface area contributed by atoms with Gasteiger partial charge in [0.1, 0.15) is 5.82 Å². The lowest BCUT2D eigenvalue weighted by Crippen LogP contribution is -2.40. The fourth-order valence-corrected chi connectivity index (χ4v) is 3.10. The first kappa shape index (κ1) is 14.8. The molecule has 0 spiro atoms. The van der Waals surface area contributed by atoms with Gasteiger partial charge in [-0.15, -0.1) is 0 Å². The minimum Gasteiger partial charge on any atom is -0.342 e. The Labute approximate surface area is 130 Å². The van der Waals surface area contributed by atoms with E-state index in [1.807, 2.05) is 27.8 Å². The lowest BCUT2D eigenvalue weighted by Gasteiger charge is -2.31. The summed E-state index contributed by atoms with van der Waals surface area (Å²) in [6.45, 7) is 3.91. The van der Waals surface area contributed by atoms with E-state index in [1.54, 1.807) is 12.1 Å². The molecule has 3 nitrogen and oxygen atoms in total. The van der Waals surface area contributed by atoms with Crippen LogP contribution in [-0.2, 0) is 11.2 Å². The Morgan fingerprint density at radius 3 is 2.77 bits per heavy atom. The molecule has 3 rings (SSSR count). The van der Waals surface area contributed by atoms with Crippen LogP contribution in [0.5, 0.6) is 0 Å². The molecule has 1 unspecified atom stereocenters. The van der Waals surface area contributed by atoms with E-state index in [2.05, 4.69) is 6.92 Å². The van der Waals surface area contributed by atoms with Crippen molar-refractivity contribution in [2.75, 3.05) is 13.1 Å². The number of hydrogen-bond acceptors (Lipinski definition) is 1. The molecule has 1 atom stereocenters. The fraction of sp³-hybridized carbons (Fsp3) is 0.389. The molecule has 0 N–H and O–H groups in total. The Hall–Kier alpha value is -2.10. The third-order valence-corrected chi connectivity index (χ3v) is 4.28. The first-order valence-corrected chi connectivity index (χ1v) is 7.83. The Bertz CT molecular complexity index is 647. The molecule has 0 radical (unpaired) electrons. The van der Waals surface area contributed by atoms with Crippen molar-refractivity contribution >= 4 is 5.91 Å². The van der Waals surface area contributed by atoms with Gasteiger partial charge in [-0.25, -0.2) is 4.39 Å². The van der Waals surface area contributed by atoms with Crippen LogP contribution < -0.4 is 0 Å². The largest absolute Gasteiger partial charge is 0.342 e. The minimum absolute atomic E-state index is 0.175. The van der Waals surface area contributed by atoms with Gasteiger partial charge >= 0.3 is 0 Å². The van der Waals surface area contributed by atoms with Gasteiger partial charge in [0.2, 0.25) is 5.91 Å². The van der Waals surface area contributed by atoms with E-state index in [4.69, 9.17) is 0 Å². The third kappa shape index (κ3) is 3.21. The van der Waals surface area contributed by atoms with E-state index < -0.39 is 0 Å². The fourth-order valence-electron chi connectivity index (χ4n) is 3.10. The molecule has 2 aromatic rings. The van der Waals surface area contributed by atoms with Crippen LogP contribution in [0.25, 0.3) is 5.69 Å². The van der Waals surface area contributed by atoms with Gasteiger partial charge in [-0.2, -0.15) is 0 Å². The summed E-state index contributed by atoms with van der Waals surface area (Å²) in [6, 6.07) is 10.2. The molecule has 22 heavy (non-hydrogen) atoms. The maximum atomic E-state index is 13.0. The molecule has 1 fully saturated rings. The summed E-state index contributed by atoms with van der Waals surface area (Å²) in [6.07, 6.45) is 4.59. The number of likely N-dealkylation sites (tertiary alicyclic amines) is 1. The number of piperidine rings is 1. The van der Waals surface area contributed by atoms with Crippen LogP contribution in [0.1, 0.15) is 25.5 Å². The topological polar surface area (TPSA) is 25.2 Å². The van der Waals surface area contributed by atoms with Crippen molar-refractivity contribution in [2.24, 2.45) is 5.92 Å². The first-order chi connectivity index (χ1) is 10.6. The van der Waals surface area contributed by atoms with Gasteiger partial charge in [0.15, 0.2) is 0 Å². The van der Waals surface area contributed by atoms with Crippen molar-refractivity contribution < 1.29 is 9.18 Å². The van der Waals surface area contributed by atoms with Crippen molar-refractivity contribution in [3.05, 3.63) is 54.1 Å². The van der Waals surface area contributed by atoms with E-state index in [0.717, 1.165) is 30.9 Å². The summed E-state index contributed by atoms with van der Waals surface area (Å²) in [4.78, 5) is 14.5. The lowest BCUT2D eigenvalue weighted by molar-refractivity contribution is -0.132. The molecule has 1 saturated heterocycles. The molecule has 1 aromatic heterocycles. The number of nitrogens with zero attached hydrogens (tertiary/aromatic N) is 2. The maximum absolute atomic E-state index is 13.0. The molecule has 1 aliphatic heterocycles. The summed E-state index contributed by atoms with van der Waals surface area (Å²) in [7, 11) is 0. The lowest BCUT2D eigenvalue weighted by atomic mass is 10.00. The monoisotopic (exact) mass is 300 g/mol. The number of carbonyl (C=O) groups excluding carboxylic acids is 1. The van der Waals surface area contributed by atoms with Crippen LogP contribution in [0.15, 0.2) is 42.6 Å². The minimum atomic E-state index is -0.254. The predicted octanol–water partition coefficient (Wildman–Crippen LogP) is 3.42. The first-order valence-electron chi connectivity index (χ1n) is 7.83. The molecule has 2 heterocycles. The van der Waals surface area contributed by atoms with E-state index >= 15 is 0 Å². The Morgan fingerprint density at radius 1 is 1.27 bits per heavy atom. The Kier molecular flexibility index (Phi) is 4.27. The second kappa shape index (κ2) is 6.34. The highest BCUT2D eigenvalue weighted by Crippen LogP contribution is 2.18. The quantitative estimate of drug-likeness (QED) is 0.852. The SMILES string of the molecule is CC1CCCN(C(=O)Cc2cccn2-c2ccc(F)cc2)C1. The summed E-state index contributed by atoms with van der Waals surface area (Å²) < 4.78 is 15.0. The molecule has 1 aromatic carbocycles. The molecule has 116 valence electrons. The van der Waals surface area contributed by atoms with Gasteiger partial charge in [0.05, 0.1) is 6.42 Å². The number of benzene rings is 1. The molecular weight excluding hydrogens is 279 g/mol. The highest BCUT2D eigenvalue weighted by molar-refractivity contribution is 5.78. The standard InChI is InChI=1S/C18H21FN2O/c1-14-4-2-10-20(13-14)18(22)12-17-5-3-11-21(17)16-8-6-15(19)7-9-16/h3,5-9,11,14H,2,4,10,12-13H2,1H3. The maximum Gasteiger partial charge on any atom is 0.228 e. The molecule has 1 aliphatic rings. The molecule has 4 heteroatoms. The zero-order valence-corrected chi connectivity index (χ0v) is 12.8. The van der Waals surface area contributed by atoms with Crippen molar-refractivity contribution in [2.45, 2.75) is 26.2 Å². The van der Waals surface area contributed by atoms with Crippen molar-refractivity contribution in [1.29, 1.82) is 0 Å². The average Bonchev–Trinajstić information content (AvgIpc) is 2.96. The van der Waals surface area contributed by atoms with Crippen molar-refractivity contribution in [3.8, 4) is 5.69 Å². The third-order valence-electron chi connectivity index (χ3n) is 4.28. The average molecular weight is 300 g/mol.